The molecule has 2 rings (SSSR count). The number of halogens is 1. The Kier molecular flexibility index (Phi) is 3.46. The van der Waals surface area contributed by atoms with E-state index >= 15 is 0 Å². The third-order valence-corrected chi connectivity index (χ3v) is 3.12. The molecule has 16 heavy (non-hydrogen) atoms. The van der Waals surface area contributed by atoms with Crippen molar-refractivity contribution in [1.82, 2.24) is 0 Å². The summed E-state index contributed by atoms with van der Waals surface area (Å²) in [6.07, 6.45) is 0.790. The third-order valence-electron chi connectivity index (χ3n) is 2.79. The van der Waals surface area contributed by atoms with Gasteiger partial charge in [0.1, 0.15) is 0 Å². The van der Waals surface area contributed by atoms with Crippen LogP contribution in [0.4, 0.5) is 5.69 Å². The Morgan fingerprint density at radius 1 is 1.38 bits per heavy atom. The molecule has 0 bridgehead atoms. The summed E-state index contributed by atoms with van der Waals surface area (Å²) in [4.78, 5) is 13.0. The number of aryl methyl sites for hydroxylation is 1. The van der Waals surface area contributed by atoms with Crippen LogP contribution in [0.15, 0.2) is 12.1 Å². The van der Waals surface area contributed by atoms with Crippen LogP contribution in [0, 0.1) is 6.92 Å². The van der Waals surface area contributed by atoms with Crippen molar-refractivity contribution in [2.45, 2.75) is 6.92 Å². The number of carbonyl (C=O) groups is 1. The number of rotatable bonds is 2. The fourth-order valence-corrected chi connectivity index (χ4v) is 2.13. The maximum atomic E-state index is 10.7. The predicted molar refractivity (Wildman–Crippen MR) is 64.6 cm³/mol. The lowest BCUT2D eigenvalue weighted by atomic mass is 10.1. The molecule has 1 aromatic rings. The van der Waals surface area contributed by atoms with E-state index in [4.69, 9.17) is 16.3 Å². The number of anilines is 1. The lowest BCUT2D eigenvalue weighted by molar-refractivity contribution is 0.112. The standard InChI is InChI=1S/C12H14ClNO2/c1-9-6-10(8-15)11(13)7-12(9)14-2-4-16-5-3-14/h6-8H,2-5H2,1H3. The van der Waals surface area contributed by atoms with Gasteiger partial charge in [-0.2, -0.15) is 0 Å². The van der Waals surface area contributed by atoms with Crippen molar-refractivity contribution >= 4 is 23.6 Å². The normalized spacial score (nSPS) is 16.2. The smallest absolute Gasteiger partial charge is 0.151 e. The maximum absolute atomic E-state index is 10.7. The minimum Gasteiger partial charge on any atom is -0.378 e. The molecule has 0 radical (unpaired) electrons. The highest BCUT2D eigenvalue weighted by molar-refractivity contribution is 6.33. The summed E-state index contributed by atoms with van der Waals surface area (Å²) in [6, 6.07) is 3.70. The molecule has 4 heteroatoms. The van der Waals surface area contributed by atoms with Gasteiger partial charge in [0.2, 0.25) is 0 Å². The monoisotopic (exact) mass is 239 g/mol. The molecule has 0 aliphatic carbocycles. The van der Waals surface area contributed by atoms with Gasteiger partial charge in [0.05, 0.1) is 18.2 Å². The molecule has 0 N–H and O–H groups in total. The van der Waals surface area contributed by atoms with Gasteiger partial charge >= 0.3 is 0 Å². The van der Waals surface area contributed by atoms with E-state index in [0.717, 1.165) is 43.8 Å². The molecule has 0 atom stereocenters. The molecule has 3 nitrogen and oxygen atoms in total. The first-order valence-electron chi connectivity index (χ1n) is 5.30. The quantitative estimate of drug-likeness (QED) is 0.742. The maximum Gasteiger partial charge on any atom is 0.151 e. The Hall–Kier alpha value is -1.06. The van der Waals surface area contributed by atoms with Gasteiger partial charge in [-0.05, 0) is 24.6 Å². The number of nitrogens with zero attached hydrogens (tertiary/aromatic N) is 1. The number of aldehydes is 1. The van der Waals surface area contributed by atoms with E-state index in [-0.39, 0.29) is 0 Å². The van der Waals surface area contributed by atoms with Gasteiger partial charge in [0.25, 0.3) is 0 Å². The second-order valence-corrected chi connectivity index (χ2v) is 4.28. The van der Waals surface area contributed by atoms with Crippen molar-refractivity contribution in [2.75, 3.05) is 31.2 Å². The summed E-state index contributed by atoms with van der Waals surface area (Å²) in [5.74, 6) is 0. The first-order chi connectivity index (χ1) is 7.72. The van der Waals surface area contributed by atoms with Crippen LogP contribution >= 0.6 is 11.6 Å². The highest BCUT2D eigenvalue weighted by atomic mass is 35.5. The van der Waals surface area contributed by atoms with Gasteiger partial charge in [-0.1, -0.05) is 11.6 Å². The third kappa shape index (κ3) is 2.20. The Balaban J connectivity index is 2.33. The lowest BCUT2D eigenvalue weighted by Gasteiger charge is -2.30. The molecular weight excluding hydrogens is 226 g/mol. The highest BCUT2D eigenvalue weighted by Gasteiger charge is 2.15. The number of hydrogen-bond acceptors (Lipinski definition) is 3. The molecule has 1 aromatic carbocycles. The Morgan fingerprint density at radius 3 is 2.69 bits per heavy atom. The van der Waals surface area contributed by atoms with Crippen molar-refractivity contribution < 1.29 is 9.53 Å². The second kappa shape index (κ2) is 4.85. The van der Waals surface area contributed by atoms with Crippen molar-refractivity contribution in [3.05, 3.63) is 28.3 Å². The summed E-state index contributed by atoms with van der Waals surface area (Å²) in [7, 11) is 0. The Morgan fingerprint density at radius 2 is 2.06 bits per heavy atom. The van der Waals surface area contributed by atoms with Gasteiger partial charge < -0.3 is 9.64 Å². The van der Waals surface area contributed by atoms with Crippen LogP contribution < -0.4 is 4.90 Å². The zero-order valence-electron chi connectivity index (χ0n) is 9.20. The van der Waals surface area contributed by atoms with Crippen LogP contribution in [-0.4, -0.2) is 32.6 Å². The molecule has 86 valence electrons. The van der Waals surface area contributed by atoms with E-state index in [1.165, 1.54) is 0 Å². The molecule has 0 amide bonds. The first kappa shape index (κ1) is 11.4. The zero-order valence-corrected chi connectivity index (χ0v) is 9.96. The van der Waals surface area contributed by atoms with E-state index in [9.17, 15) is 4.79 Å². The number of morpholine rings is 1. The molecule has 1 fully saturated rings. The predicted octanol–water partition coefficient (Wildman–Crippen LogP) is 2.30. The van der Waals surface area contributed by atoms with Gasteiger partial charge in [0, 0.05) is 24.3 Å². The van der Waals surface area contributed by atoms with Crippen LogP contribution in [-0.2, 0) is 4.74 Å². The molecule has 1 saturated heterocycles. The molecule has 1 aliphatic rings. The highest BCUT2D eigenvalue weighted by Crippen LogP contribution is 2.27. The van der Waals surface area contributed by atoms with Crippen LogP contribution in [0.2, 0.25) is 5.02 Å². The summed E-state index contributed by atoms with van der Waals surface area (Å²) >= 11 is 6.03. The lowest BCUT2D eigenvalue weighted by Crippen LogP contribution is -2.36. The van der Waals surface area contributed by atoms with E-state index < -0.39 is 0 Å². The minimum absolute atomic E-state index is 0.516. The van der Waals surface area contributed by atoms with E-state index in [1.807, 2.05) is 19.1 Å². The van der Waals surface area contributed by atoms with E-state index in [1.54, 1.807) is 0 Å². The van der Waals surface area contributed by atoms with Crippen LogP contribution in [0.1, 0.15) is 15.9 Å². The molecule has 0 saturated carbocycles. The molecule has 0 spiro atoms. The van der Waals surface area contributed by atoms with Crippen molar-refractivity contribution in [3.8, 4) is 0 Å². The van der Waals surface area contributed by atoms with Crippen molar-refractivity contribution in [1.29, 1.82) is 0 Å². The van der Waals surface area contributed by atoms with E-state index in [0.29, 0.717) is 10.6 Å². The van der Waals surface area contributed by atoms with Gasteiger partial charge in [-0.25, -0.2) is 0 Å². The Bertz CT molecular complexity index is 400. The number of ether oxygens (including phenoxy) is 1. The largest absolute Gasteiger partial charge is 0.378 e. The number of carbonyl (C=O) groups excluding carboxylic acids is 1. The molecule has 1 aliphatic heterocycles. The average Bonchev–Trinajstić information content (AvgIpc) is 2.32. The summed E-state index contributed by atoms with van der Waals surface area (Å²) in [5, 5.41) is 0.516. The fraction of sp³-hybridized carbons (Fsp3) is 0.417. The molecular formula is C12H14ClNO2. The summed E-state index contributed by atoms with van der Waals surface area (Å²) in [5.41, 5.74) is 2.73. The van der Waals surface area contributed by atoms with Gasteiger partial charge in [-0.15, -0.1) is 0 Å². The van der Waals surface area contributed by atoms with E-state index in [2.05, 4.69) is 4.90 Å². The molecule has 1 heterocycles. The van der Waals surface area contributed by atoms with Crippen LogP contribution in [0.3, 0.4) is 0 Å². The van der Waals surface area contributed by atoms with Crippen molar-refractivity contribution in [3.63, 3.8) is 0 Å². The van der Waals surface area contributed by atoms with Gasteiger partial charge in [0.15, 0.2) is 6.29 Å². The fourth-order valence-electron chi connectivity index (χ4n) is 1.93. The molecule has 0 aromatic heterocycles. The first-order valence-corrected chi connectivity index (χ1v) is 5.68. The van der Waals surface area contributed by atoms with Crippen molar-refractivity contribution in [2.24, 2.45) is 0 Å². The Labute approximate surface area is 100.0 Å². The minimum atomic E-state index is 0.516. The number of benzene rings is 1. The van der Waals surface area contributed by atoms with Gasteiger partial charge in [-0.3, -0.25) is 4.79 Å². The summed E-state index contributed by atoms with van der Waals surface area (Å²) < 4.78 is 5.31. The van der Waals surface area contributed by atoms with Crippen LogP contribution in [0.25, 0.3) is 0 Å². The summed E-state index contributed by atoms with van der Waals surface area (Å²) in [6.45, 7) is 5.22. The molecule has 0 unspecified atom stereocenters. The SMILES string of the molecule is Cc1cc(C=O)c(Cl)cc1N1CCOCC1. The number of hydrogen-bond donors (Lipinski definition) is 0. The zero-order chi connectivity index (χ0) is 11.5. The topological polar surface area (TPSA) is 29.5 Å². The van der Waals surface area contributed by atoms with Crippen LogP contribution in [0.5, 0.6) is 0 Å². The average molecular weight is 240 g/mol. The second-order valence-electron chi connectivity index (χ2n) is 3.88.